The van der Waals surface area contributed by atoms with Crippen LogP contribution >= 0.6 is 0 Å². The van der Waals surface area contributed by atoms with Crippen molar-refractivity contribution in [2.45, 2.75) is 51.8 Å². The number of benzene rings is 2. The van der Waals surface area contributed by atoms with Gasteiger partial charge in [-0.15, -0.1) is 0 Å². The van der Waals surface area contributed by atoms with Gasteiger partial charge in [0.25, 0.3) is 0 Å². The molecule has 0 N–H and O–H groups in total. The fourth-order valence-corrected chi connectivity index (χ4v) is 5.79. The molecule has 0 amide bonds. The molecule has 184 valence electrons. The molecule has 4 heterocycles. The lowest BCUT2D eigenvalue weighted by Crippen LogP contribution is -2.22. The molecule has 0 unspecified atom stereocenters. The predicted molar refractivity (Wildman–Crippen MR) is 147 cm³/mol. The van der Waals surface area contributed by atoms with Crippen LogP contribution in [0.4, 0.5) is 0 Å². The molecule has 2 aromatic carbocycles. The summed E-state index contributed by atoms with van der Waals surface area (Å²) in [4.78, 5) is 9.47. The molecule has 6 nitrogen and oxygen atoms in total. The van der Waals surface area contributed by atoms with E-state index in [-0.39, 0.29) is 0 Å². The summed E-state index contributed by atoms with van der Waals surface area (Å²) in [6.45, 7) is 9.33. The zero-order valence-electron chi connectivity index (χ0n) is 21.2. The van der Waals surface area contributed by atoms with E-state index in [0.29, 0.717) is 12.7 Å². The topological polar surface area (TPSA) is 54.1 Å². The maximum absolute atomic E-state index is 6.30. The molecule has 3 aromatic heterocycles. The van der Waals surface area contributed by atoms with Crippen molar-refractivity contribution in [2.24, 2.45) is 0 Å². The molecule has 7 heteroatoms. The second-order valence-electron chi connectivity index (χ2n) is 10.7. The molecule has 0 saturated carbocycles. The molecular formula is C29H32N4O2Si. The van der Waals surface area contributed by atoms with Crippen molar-refractivity contribution in [3.63, 3.8) is 0 Å². The van der Waals surface area contributed by atoms with Gasteiger partial charge in [0.15, 0.2) is 0 Å². The third-order valence-electron chi connectivity index (χ3n) is 6.91. The maximum atomic E-state index is 6.30. The Morgan fingerprint density at radius 1 is 0.944 bits per heavy atom. The van der Waals surface area contributed by atoms with Gasteiger partial charge in [-0.3, -0.25) is 9.55 Å². The van der Waals surface area contributed by atoms with E-state index in [1.54, 1.807) is 0 Å². The maximum Gasteiger partial charge on any atom is 0.304 e. The summed E-state index contributed by atoms with van der Waals surface area (Å²) in [6, 6.07) is 22.3. The van der Waals surface area contributed by atoms with Crippen LogP contribution in [0.25, 0.3) is 33.2 Å². The fraction of sp³-hybridized carbons (Fsp3) is 0.310. The Labute approximate surface area is 212 Å². The minimum atomic E-state index is -1.15. The minimum absolute atomic E-state index is 0.424. The van der Waals surface area contributed by atoms with Gasteiger partial charge in [-0.05, 0) is 60.8 Å². The van der Waals surface area contributed by atoms with Crippen molar-refractivity contribution in [2.75, 3.05) is 6.61 Å². The quantitative estimate of drug-likeness (QED) is 0.170. The van der Waals surface area contributed by atoms with Crippen molar-refractivity contribution >= 4 is 30.1 Å². The Balaban J connectivity index is 1.27. The summed E-state index contributed by atoms with van der Waals surface area (Å²) in [5.74, 6) is 0.755. The molecule has 0 saturated heterocycles. The number of fused-ring (bicyclic) bond motifs is 4. The highest BCUT2D eigenvalue weighted by Crippen LogP contribution is 2.38. The molecule has 6 rings (SSSR count). The fourth-order valence-electron chi connectivity index (χ4n) is 5.03. The Morgan fingerprint density at radius 2 is 1.75 bits per heavy atom. The first-order valence-corrected chi connectivity index (χ1v) is 16.5. The molecule has 0 bridgehead atoms. The number of ether oxygens (including phenoxy) is 2. The summed E-state index contributed by atoms with van der Waals surface area (Å²) in [6.07, 6.45) is 4.16. The van der Waals surface area contributed by atoms with Crippen LogP contribution in [0.15, 0.2) is 66.9 Å². The Kier molecular flexibility index (Phi) is 5.89. The van der Waals surface area contributed by atoms with E-state index >= 15 is 0 Å². The summed E-state index contributed by atoms with van der Waals surface area (Å²) in [5, 5.41) is 0. The summed E-state index contributed by atoms with van der Waals surface area (Å²) < 4.78 is 16.8. The van der Waals surface area contributed by atoms with Crippen LogP contribution in [0.2, 0.25) is 25.7 Å². The zero-order valence-corrected chi connectivity index (χ0v) is 22.2. The smallest absolute Gasteiger partial charge is 0.304 e. The number of hydrogen-bond donors (Lipinski definition) is 0. The average molecular weight is 497 g/mol. The standard InChI is InChI=1S/C29H32N4O2Si/c1-36(2,3)19-18-34-20-33-24-9-5-4-8-23(24)31-29(33)35-22-14-12-21(13-15-22)27-25-11-7-17-32(25)26-10-6-16-30-28(26)27/h4-6,8-10,12-16H,7,11,17-20H2,1-3H3. The molecule has 1 aliphatic heterocycles. The monoisotopic (exact) mass is 496 g/mol. The Bertz CT molecular complexity index is 1530. The normalized spacial score (nSPS) is 13.5. The molecule has 1 aliphatic rings. The van der Waals surface area contributed by atoms with Crippen molar-refractivity contribution < 1.29 is 9.47 Å². The van der Waals surface area contributed by atoms with Crippen molar-refractivity contribution in [1.29, 1.82) is 0 Å². The SMILES string of the molecule is C[Si](C)(C)CCOCn1c(Oc2ccc(-c3c4n(c5cccnc35)CCC4)cc2)nc2ccccc21. The first-order valence-electron chi connectivity index (χ1n) is 12.8. The second-order valence-corrected chi connectivity index (χ2v) is 16.4. The average Bonchev–Trinajstić information content (AvgIpc) is 3.55. The van der Waals surface area contributed by atoms with Gasteiger partial charge in [-0.25, -0.2) is 0 Å². The van der Waals surface area contributed by atoms with E-state index in [0.717, 1.165) is 47.9 Å². The number of aromatic nitrogens is 4. The van der Waals surface area contributed by atoms with Crippen LogP contribution in [0.3, 0.4) is 0 Å². The molecular weight excluding hydrogens is 464 g/mol. The van der Waals surface area contributed by atoms with Crippen LogP contribution in [-0.2, 0) is 24.4 Å². The first-order chi connectivity index (χ1) is 17.5. The van der Waals surface area contributed by atoms with E-state index in [4.69, 9.17) is 19.4 Å². The molecule has 5 aromatic rings. The highest BCUT2D eigenvalue weighted by Gasteiger charge is 2.23. The number of pyridine rings is 1. The second kappa shape index (κ2) is 9.22. The van der Waals surface area contributed by atoms with Crippen LogP contribution in [0, 0.1) is 0 Å². The van der Waals surface area contributed by atoms with E-state index < -0.39 is 8.07 Å². The number of rotatable bonds is 8. The summed E-state index contributed by atoms with van der Waals surface area (Å²) in [5.41, 5.74) is 8.03. The van der Waals surface area contributed by atoms with E-state index in [2.05, 4.69) is 48.5 Å². The third-order valence-corrected chi connectivity index (χ3v) is 8.62. The van der Waals surface area contributed by atoms with Crippen LogP contribution in [0.1, 0.15) is 12.1 Å². The van der Waals surface area contributed by atoms with Crippen molar-refractivity contribution in [1.82, 2.24) is 19.1 Å². The molecule has 0 atom stereocenters. The first kappa shape index (κ1) is 23.0. The highest BCUT2D eigenvalue weighted by molar-refractivity contribution is 6.76. The van der Waals surface area contributed by atoms with Gasteiger partial charge < -0.3 is 14.0 Å². The molecule has 0 radical (unpaired) electrons. The lowest BCUT2D eigenvalue weighted by Gasteiger charge is -2.16. The van der Waals surface area contributed by atoms with Crippen LogP contribution < -0.4 is 4.74 Å². The molecule has 0 spiro atoms. The molecule has 36 heavy (non-hydrogen) atoms. The van der Waals surface area contributed by atoms with Gasteiger partial charge in [0.2, 0.25) is 0 Å². The van der Waals surface area contributed by atoms with Crippen LogP contribution in [0.5, 0.6) is 11.8 Å². The Morgan fingerprint density at radius 3 is 2.58 bits per heavy atom. The van der Waals surface area contributed by atoms with Gasteiger partial charge >= 0.3 is 6.01 Å². The third kappa shape index (κ3) is 4.33. The van der Waals surface area contributed by atoms with Crippen molar-refractivity contribution in [3.8, 4) is 22.9 Å². The van der Waals surface area contributed by atoms with Gasteiger partial charge in [0.1, 0.15) is 12.5 Å². The number of aryl methyl sites for hydroxylation is 1. The van der Waals surface area contributed by atoms with E-state index in [9.17, 15) is 0 Å². The number of hydrogen-bond acceptors (Lipinski definition) is 4. The predicted octanol–water partition coefficient (Wildman–Crippen LogP) is 7.10. The lowest BCUT2D eigenvalue weighted by atomic mass is 10.0. The number of imidazole rings is 1. The van der Waals surface area contributed by atoms with Gasteiger partial charge in [-0.2, -0.15) is 4.98 Å². The van der Waals surface area contributed by atoms with Gasteiger partial charge in [0.05, 0.1) is 22.1 Å². The highest BCUT2D eigenvalue weighted by atomic mass is 28.3. The van der Waals surface area contributed by atoms with Gasteiger partial charge in [0, 0.05) is 38.7 Å². The largest absolute Gasteiger partial charge is 0.425 e. The van der Waals surface area contributed by atoms with E-state index in [1.807, 2.05) is 47.2 Å². The summed E-state index contributed by atoms with van der Waals surface area (Å²) >= 11 is 0. The molecule has 0 aliphatic carbocycles. The minimum Gasteiger partial charge on any atom is -0.425 e. The molecule has 0 fully saturated rings. The number of para-hydroxylation sites is 2. The Hall–Kier alpha value is -3.42. The van der Waals surface area contributed by atoms with Crippen molar-refractivity contribution in [3.05, 3.63) is 72.6 Å². The van der Waals surface area contributed by atoms with Crippen LogP contribution in [-0.4, -0.2) is 33.8 Å². The summed E-state index contributed by atoms with van der Waals surface area (Å²) in [7, 11) is -1.15. The van der Waals surface area contributed by atoms with Gasteiger partial charge in [-0.1, -0.05) is 43.9 Å². The van der Waals surface area contributed by atoms with E-state index in [1.165, 1.54) is 28.8 Å². The number of nitrogens with zero attached hydrogens (tertiary/aromatic N) is 4. The lowest BCUT2D eigenvalue weighted by molar-refractivity contribution is 0.0850. The zero-order chi connectivity index (χ0) is 24.7.